The molecule has 8 heteroatoms. The Bertz CT molecular complexity index is 912. The van der Waals surface area contributed by atoms with E-state index in [0.29, 0.717) is 10.6 Å². The molecule has 1 saturated carbocycles. The van der Waals surface area contributed by atoms with Gasteiger partial charge in [-0.1, -0.05) is 41.4 Å². The van der Waals surface area contributed by atoms with Crippen LogP contribution in [0.1, 0.15) is 24.0 Å². The number of nitrogens with one attached hydrogen (secondary N) is 2. The molecular formula is C20H17Cl2FN2O3. The smallest absolute Gasteiger partial charge is 0.426 e. The van der Waals surface area contributed by atoms with Crippen LogP contribution in [0.4, 0.5) is 9.18 Å². The lowest BCUT2D eigenvalue weighted by molar-refractivity contribution is -0.117. The van der Waals surface area contributed by atoms with Gasteiger partial charge in [-0.15, -0.1) is 0 Å². The van der Waals surface area contributed by atoms with Gasteiger partial charge in [-0.05, 0) is 54.3 Å². The Morgan fingerprint density at radius 3 is 2.46 bits per heavy atom. The number of rotatable bonds is 5. The van der Waals surface area contributed by atoms with Crippen LogP contribution >= 0.6 is 23.2 Å². The van der Waals surface area contributed by atoms with Crippen molar-refractivity contribution in [2.24, 2.45) is 0 Å². The van der Waals surface area contributed by atoms with Gasteiger partial charge in [-0.3, -0.25) is 10.2 Å². The summed E-state index contributed by atoms with van der Waals surface area (Å²) in [7, 11) is 0. The minimum absolute atomic E-state index is 0.174. The molecule has 0 bridgehead atoms. The number of carbonyl (C=O) groups is 2. The first-order valence-corrected chi connectivity index (χ1v) is 9.25. The molecular weight excluding hydrogens is 406 g/mol. The van der Waals surface area contributed by atoms with Crippen LogP contribution in [0.3, 0.4) is 0 Å². The number of halogens is 3. The zero-order chi connectivity index (χ0) is 20.1. The van der Waals surface area contributed by atoms with E-state index in [1.54, 1.807) is 12.1 Å². The zero-order valence-corrected chi connectivity index (χ0v) is 16.2. The van der Waals surface area contributed by atoms with Gasteiger partial charge in [-0.2, -0.15) is 0 Å². The van der Waals surface area contributed by atoms with E-state index in [1.165, 1.54) is 18.2 Å². The molecule has 2 amide bonds. The Balaban J connectivity index is 1.44. The van der Waals surface area contributed by atoms with Crippen LogP contribution in [0.25, 0.3) is 6.08 Å². The van der Waals surface area contributed by atoms with E-state index in [4.69, 9.17) is 27.9 Å². The number of ether oxygens (including phenoxy) is 1. The van der Waals surface area contributed by atoms with Crippen LogP contribution in [0, 0.1) is 5.82 Å². The van der Waals surface area contributed by atoms with Gasteiger partial charge in [0.25, 0.3) is 5.91 Å². The van der Waals surface area contributed by atoms with Crippen LogP contribution < -0.4 is 10.9 Å². The minimum Gasteiger partial charge on any atom is -0.447 e. The number of carbonyl (C=O) groups excluding carboxylic acids is 2. The normalized spacial score (nSPS) is 14.5. The first-order chi connectivity index (χ1) is 13.4. The van der Waals surface area contributed by atoms with E-state index < -0.39 is 17.8 Å². The van der Waals surface area contributed by atoms with Gasteiger partial charge in [0.1, 0.15) is 12.4 Å². The van der Waals surface area contributed by atoms with Crippen molar-refractivity contribution in [3.8, 4) is 0 Å². The van der Waals surface area contributed by atoms with Gasteiger partial charge in [0.05, 0.1) is 5.02 Å². The van der Waals surface area contributed by atoms with Crippen molar-refractivity contribution in [3.05, 3.63) is 75.5 Å². The summed E-state index contributed by atoms with van der Waals surface area (Å²) >= 11 is 11.8. The molecule has 0 spiro atoms. The van der Waals surface area contributed by atoms with Crippen molar-refractivity contribution in [1.82, 2.24) is 10.9 Å². The Morgan fingerprint density at radius 1 is 1.11 bits per heavy atom. The van der Waals surface area contributed by atoms with Crippen molar-refractivity contribution in [2.45, 2.75) is 18.3 Å². The second-order valence-electron chi connectivity index (χ2n) is 6.48. The van der Waals surface area contributed by atoms with Crippen LogP contribution in [-0.2, 0) is 14.9 Å². The number of hydrogen-bond donors (Lipinski definition) is 2. The van der Waals surface area contributed by atoms with Gasteiger partial charge in [0, 0.05) is 16.5 Å². The molecule has 0 saturated heterocycles. The van der Waals surface area contributed by atoms with Crippen LogP contribution in [0.15, 0.2) is 48.5 Å². The van der Waals surface area contributed by atoms with Crippen molar-refractivity contribution >= 4 is 41.3 Å². The molecule has 3 rings (SSSR count). The average Bonchev–Trinajstić information content (AvgIpc) is 3.45. The maximum absolute atomic E-state index is 13.0. The Labute approximate surface area is 171 Å². The molecule has 1 aliphatic rings. The molecule has 2 N–H and O–H groups in total. The van der Waals surface area contributed by atoms with E-state index in [0.717, 1.165) is 30.5 Å². The highest BCUT2D eigenvalue weighted by Crippen LogP contribution is 2.48. The number of hydrazine groups is 1. The molecule has 2 aromatic carbocycles. The second-order valence-corrected chi connectivity index (χ2v) is 7.32. The molecule has 0 heterocycles. The molecule has 0 aromatic heterocycles. The first kappa shape index (κ1) is 20.2. The van der Waals surface area contributed by atoms with Crippen LogP contribution in [0.2, 0.25) is 10.0 Å². The molecule has 1 fully saturated rings. The molecule has 0 atom stereocenters. The van der Waals surface area contributed by atoms with E-state index in [1.807, 2.05) is 12.1 Å². The fourth-order valence-corrected chi connectivity index (χ4v) is 3.02. The van der Waals surface area contributed by atoms with Crippen LogP contribution in [-0.4, -0.2) is 18.6 Å². The summed E-state index contributed by atoms with van der Waals surface area (Å²) in [6, 6.07) is 11.3. The number of hydrogen-bond acceptors (Lipinski definition) is 3. The highest BCUT2D eigenvalue weighted by molar-refractivity contribution is 6.32. The summed E-state index contributed by atoms with van der Waals surface area (Å²) < 4.78 is 18.2. The summed E-state index contributed by atoms with van der Waals surface area (Å²) in [5.74, 6) is -1.06. The van der Waals surface area contributed by atoms with Gasteiger partial charge >= 0.3 is 6.09 Å². The van der Waals surface area contributed by atoms with E-state index in [9.17, 15) is 14.0 Å². The molecule has 0 unspecified atom stereocenters. The molecule has 0 aliphatic heterocycles. The maximum atomic E-state index is 13.0. The summed E-state index contributed by atoms with van der Waals surface area (Å²) in [5.41, 5.74) is 5.73. The summed E-state index contributed by atoms with van der Waals surface area (Å²) in [6.07, 6.45) is 3.63. The van der Waals surface area contributed by atoms with Crippen molar-refractivity contribution in [3.63, 3.8) is 0 Å². The fraction of sp³-hybridized carbons (Fsp3) is 0.200. The largest absolute Gasteiger partial charge is 0.447 e. The van der Waals surface area contributed by atoms with E-state index >= 15 is 0 Å². The van der Waals surface area contributed by atoms with Crippen molar-refractivity contribution in [1.29, 1.82) is 0 Å². The van der Waals surface area contributed by atoms with E-state index in [-0.39, 0.29) is 17.0 Å². The summed E-state index contributed by atoms with van der Waals surface area (Å²) in [6.45, 7) is 0.206. The maximum Gasteiger partial charge on any atom is 0.426 e. The molecule has 146 valence electrons. The Kier molecular flexibility index (Phi) is 6.21. The molecule has 2 aromatic rings. The van der Waals surface area contributed by atoms with Gasteiger partial charge < -0.3 is 4.74 Å². The highest BCUT2D eigenvalue weighted by Gasteiger charge is 2.45. The predicted octanol–water partition coefficient (Wildman–Crippen LogP) is 4.63. The second kappa shape index (κ2) is 8.63. The van der Waals surface area contributed by atoms with Gasteiger partial charge in [0.2, 0.25) is 0 Å². The number of benzene rings is 2. The fourth-order valence-electron chi connectivity index (χ4n) is 2.67. The van der Waals surface area contributed by atoms with E-state index in [2.05, 4.69) is 10.9 Å². The number of amides is 2. The topological polar surface area (TPSA) is 67.4 Å². The first-order valence-electron chi connectivity index (χ1n) is 8.50. The quantitative estimate of drug-likeness (QED) is 0.544. The average molecular weight is 423 g/mol. The molecule has 1 aliphatic carbocycles. The SMILES string of the molecule is O=C(/C=C/c1ccc(F)cc1Cl)NNC(=O)OCC1(c2ccc(Cl)cc2)CC1. The molecule has 0 radical (unpaired) electrons. The summed E-state index contributed by atoms with van der Waals surface area (Å²) in [4.78, 5) is 23.6. The minimum atomic E-state index is -0.762. The monoisotopic (exact) mass is 422 g/mol. The molecule has 28 heavy (non-hydrogen) atoms. The lowest BCUT2D eigenvalue weighted by Crippen LogP contribution is -2.41. The third kappa shape index (κ3) is 5.24. The van der Waals surface area contributed by atoms with Gasteiger partial charge in [-0.25, -0.2) is 14.6 Å². The Morgan fingerprint density at radius 2 is 1.82 bits per heavy atom. The standard InChI is InChI=1S/C20H17Cl2FN2O3/c21-15-5-3-14(4-6-15)20(9-10-20)12-28-19(27)25-24-18(26)8-2-13-1-7-16(23)11-17(13)22/h1-8,11H,9-10,12H2,(H,24,26)(H,25,27)/b8-2+. The van der Waals surface area contributed by atoms with Crippen molar-refractivity contribution < 1.29 is 18.7 Å². The highest BCUT2D eigenvalue weighted by atomic mass is 35.5. The van der Waals surface area contributed by atoms with Gasteiger partial charge in [0.15, 0.2) is 0 Å². The lowest BCUT2D eigenvalue weighted by Gasteiger charge is -2.16. The third-order valence-corrected chi connectivity index (χ3v) is 5.03. The lowest BCUT2D eigenvalue weighted by atomic mass is 9.97. The predicted molar refractivity (Wildman–Crippen MR) is 105 cm³/mol. The zero-order valence-electron chi connectivity index (χ0n) is 14.7. The third-order valence-electron chi connectivity index (χ3n) is 4.45. The Hall–Kier alpha value is -2.57. The van der Waals surface area contributed by atoms with Crippen molar-refractivity contribution in [2.75, 3.05) is 6.61 Å². The van der Waals surface area contributed by atoms with Crippen LogP contribution in [0.5, 0.6) is 0 Å². The summed E-state index contributed by atoms with van der Waals surface area (Å²) in [5, 5.41) is 0.823. The molecule has 5 nitrogen and oxygen atoms in total.